The molecule has 2 heterocycles. The Balaban J connectivity index is 1.72. The zero-order valence-electron chi connectivity index (χ0n) is 16.6. The van der Waals surface area contributed by atoms with E-state index in [1.54, 1.807) is 11.8 Å². The molecule has 2 aliphatic heterocycles. The Kier molecular flexibility index (Phi) is 7.37. The van der Waals surface area contributed by atoms with E-state index in [0.717, 1.165) is 49.1 Å². The molecule has 1 atom stereocenters. The van der Waals surface area contributed by atoms with Gasteiger partial charge in [0.25, 0.3) is 11.8 Å². The van der Waals surface area contributed by atoms with Crippen molar-refractivity contribution in [3.8, 4) is 0 Å². The number of carbonyl (C=O) groups excluding carboxylic acids is 2. The third kappa shape index (κ3) is 5.60. The lowest BCUT2D eigenvalue weighted by atomic mass is 9.96. The predicted molar refractivity (Wildman–Crippen MR) is 125 cm³/mol. The van der Waals surface area contributed by atoms with Crippen molar-refractivity contribution in [2.24, 2.45) is 0 Å². The lowest BCUT2D eigenvalue weighted by molar-refractivity contribution is -0.127. The molecular formula is C21H26ClN3O2S2. The highest BCUT2D eigenvalue weighted by molar-refractivity contribution is 8.08. The highest BCUT2D eigenvalue weighted by Gasteiger charge is 2.43. The molecule has 1 saturated heterocycles. The summed E-state index contributed by atoms with van der Waals surface area (Å²) < 4.78 is 0.264. The van der Waals surface area contributed by atoms with Crippen LogP contribution in [-0.2, 0) is 22.4 Å². The lowest BCUT2D eigenvalue weighted by Crippen LogP contribution is -2.57. The monoisotopic (exact) mass is 451 g/mol. The SMILES string of the molecule is C=C(Cl)SC(=C)C(=O)NC1(C(=O)Nc2ccc3c(c2)CCN(C)CC3)CCSC1. The molecular weight excluding hydrogens is 426 g/mol. The summed E-state index contributed by atoms with van der Waals surface area (Å²) in [6.07, 6.45) is 2.56. The number of halogens is 1. The molecule has 0 bridgehead atoms. The van der Waals surface area contributed by atoms with Crippen molar-refractivity contribution in [2.45, 2.75) is 24.8 Å². The minimum absolute atomic E-state index is 0.191. The summed E-state index contributed by atoms with van der Waals surface area (Å²) in [4.78, 5) is 28.3. The zero-order valence-corrected chi connectivity index (χ0v) is 18.9. The van der Waals surface area contributed by atoms with Gasteiger partial charge in [-0.25, -0.2) is 0 Å². The van der Waals surface area contributed by atoms with Crippen molar-refractivity contribution in [2.75, 3.05) is 37.0 Å². The van der Waals surface area contributed by atoms with Gasteiger partial charge in [-0.05, 0) is 55.3 Å². The molecule has 8 heteroatoms. The number of thioether (sulfide) groups is 2. The van der Waals surface area contributed by atoms with Crippen LogP contribution in [-0.4, -0.2) is 53.9 Å². The van der Waals surface area contributed by atoms with Crippen LogP contribution < -0.4 is 10.6 Å². The number of nitrogens with one attached hydrogen (secondary N) is 2. The van der Waals surface area contributed by atoms with E-state index in [4.69, 9.17) is 11.6 Å². The van der Waals surface area contributed by atoms with E-state index >= 15 is 0 Å². The number of carbonyl (C=O) groups is 2. The minimum atomic E-state index is -0.952. The summed E-state index contributed by atoms with van der Waals surface area (Å²) in [5, 5.41) is 5.93. The molecule has 1 unspecified atom stereocenters. The van der Waals surface area contributed by atoms with E-state index in [-0.39, 0.29) is 21.1 Å². The van der Waals surface area contributed by atoms with Gasteiger partial charge >= 0.3 is 0 Å². The lowest BCUT2D eigenvalue weighted by Gasteiger charge is -2.28. The molecule has 1 aromatic rings. The second kappa shape index (κ2) is 9.60. The quantitative estimate of drug-likeness (QED) is 0.647. The maximum atomic E-state index is 13.2. The number of likely N-dealkylation sites (N-methyl/N-ethyl adjacent to an activating group) is 1. The standard InChI is InChI=1S/C21H26ClN3O2S2/c1-14(29-15(2)22)19(26)24-21(8-11-28-13-21)20(27)23-18-5-4-16-6-9-25(3)10-7-17(16)12-18/h4-5,12H,1-2,6-11,13H2,3H3,(H,23,27)(H,24,26). The largest absolute Gasteiger partial charge is 0.336 e. The molecule has 0 aromatic heterocycles. The molecule has 1 fully saturated rings. The number of rotatable bonds is 6. The minimum Gasteiger partial charge on any atom is -0.336 e. The number of benzene rings is 1. The van der Waals surface area contributed by atoms with Gasteiger partial charge < -0.3 is 15.5 Å². The van der Waals surface area contributed by atoms with Gasteiger partial charge in [-0.3, -0.25) is 9.59 Å². The zero-order chi connectivity index (χ0) is 21.0. The highest BCUT2D eigenvalue weighted by atomic mass is 35.5. The molecule has 3 rings (SSSR count). The van der Waals surface area contributed by atoms with E-state index in [0.29, 0.717) is 12.2 Å². The van der Waals surface area contributed by atoms with Crippen LogP contribution in [0.2, 0.25) is 0 Å². The smallest absolute Gasteiger partial charge is 0.258 e. The van der Waals surface area contributed by atoms with E-state index in [1.807, 2.05) is 6.07 Å². The summed E-state index contributed by atoms with van der Waals surface area (Å²) in [7, 11) is 2.13. The summed E-state index contributed by atoms with van der Waals surface area (Å²) in [6, 6.07) is 6.12. The molecule has 0 spiro atoms. The molecule has 2 N–H and O–H groups in total. The van der Waals surface area contributed by atoms with Gasteiger partial charge in [0.2, 0.25) is 0 Å². The van der Waals surface area contributed by atoms with Crippen LogP contribution in [0.3, 0.4) is 0 Å². The number of hydrogen-bond acceptors (Lipinski definition) is 5. The number of anilines is 1. The predicted octanol–water partition coefficient (Wildman–Crippen LogP) is 3.60. The maximum Gasteiger partial charge on any atom is 0.258 e. The van der Waals surface area contributed by atoms with Crippen LogP contribution in [0.25, 0.3) is 0 Å². The third-order valence-corrected chi connectivity index (χ3v) is 7.36. The van der Waals surface area contributed by atoms with Gasteiger partial charge in [0.1, 0.15) is 5.54 Å². The Labute approximate surface area is 185 Å². The highest BCUT2D eigenvalue weighted by Crippen LogP contribution is 2.32. The molecule has 0 saturated carbocycles. The van der Waals surface area contributed by atoms with Crippen LogP contribution in [0.15, 0.2) is 40.6 Å². The van der Waals surface area contributed by atoms with Gasteiger partial charge in [0, 0.05) is 24.5 Å². The van der Waals surface area contributed by atoms with Gasteiger partial charge in [-0.2, -0.15) is 11.8 Å². The molecule has 5 nitrogen and oxygen atoms in total. The second-order valence-corrected chi connectivity index (χ2v) is 10.4. The first-order valence-corrected chi connectivity index (χ1v) is 11.9. The molecule has 0 aliphatic carbocycles. The maximum absolute atomic E-state index is 13.2. The van der Waals surface area contributed by atoms with Crippen molar-refractivity contribution in [3.05, 3.63) is 51.8 Å². The van der Waals surface area contributed by atoms with Crippen molar-refractivity contribution in [1.29, 1.82) is 0 Å². The number of nitrogens with zero attached hydrogens (tertiary/aromatic N) is 1. The van der Waals surface area contributed by atoms with E-state index in [9.17, 15) is 9.59 Å². The summed E-state index contributed by atoms with van der Waals surface area (Å²) in [5.74, 6) is 0.759. The first-order valence-electron chi connectivity index (χ1n) is 9.52. The molecule has 0 radical (unpaired) electrons. The van der Waals surface area contributed by atoms with Gasteiger partial charge in [0.15, 0.2) is 0 Å². The molecule has 156 valence electrons. The third-order valence-electron chi connectivity index (χ3n) is 5.29. The molecule has 29 heavy (non-hydrogen) atoms. The average molecular weight is 452 g/mol. The van der Waals surface area contributed by atoms with Gasteiger partial charge in [0.05, 0.1) is 9.27 Å². The van der Waals surface area contributed by atoms with Crippen molar-refractivity contribution in [1.82, 2.24) is 10.2 Å². The van der Waals surface area contributed by atoms with Crippen molar-refractivity contribution in [3.63, 3.8) is 0 Å². The second-order valence-electron chi connectivity index (χ2n) is 7.46. The van der Waals surface area contributed by atoms with Crippen LogP contribution in [0.5, 0.6) is 0 Å². The summed E-state index contributed by atoms with van der Waals surface area (Å²) >= 11 is 8.41. The van der Waals surface area contributed by atoms with Crippen LogP contribution >= 0.6 is 35.1 Å². The fourth-order valence-corrected chi connectivity index (χ4v) is 5.56. The number of amides is 2. The van der Waals surface area contributed by atoms with Crippen molar-refractivity contribution < 1.29 is 9.59 Å². The van der Waals surface area contributed by atoms with E-state index in [1.165, 1.54) is 11.1 Å². The van der Waals surface area contributed by atoms with E-state index in [2.05, 4.69) is 47.9 Å². The van der Waals surface area contributed by atoms with Gasteiger partial charge in [-0.15, -0.1) is 0 Å². The fraction of sp³-hybridized carbons (Fsp3) is 0.429. The van der Waals surface area contributed by atoms with Crippen LogP contribution in [0.4, 0.5) is 5.69 Å². The molecule has 2 amide bonds. The van der Waals surface area contributed by atoms with E-state index < -0.39 is 5.54 Å². The first-order chi connectivity index (χ1) is 13.8. The Morgan fingerprint density at radius 2 is 1.97 bits per heavy atom. The Morgan fingerprint density at radius 3 is 2.62 bits per heavy atom. The Morgan fingerprint density at radius 1 is 1.24 bits per heavy atom. The Bertz CT molecular complexity index is 837. The topological polar surface area (TPSA) is 61.4 Å². The van der Waals surface area contributed by atoms with Crippen molar-refractivity contribution >= 4 is 52.6 Å². The molecule has 2 aliphatic rings. The van der Waals surface area contributed by atoms with Crippen LogP contribution in [0.1, 0.15) is 17.5 Å². The average Bonchev–Trinajstić information content (AvgIpc) is 3.06. The Hall–Kier alpha value is -1.41. The molecule has 1 aromatic carbocycles. The number of fused-ring (bicyclic) bond motifs is 1. The first kappa shape index (κ1) is 22.3. The van der Waals surface area contributed by atoms with Crippen LogP contribution in [0, 0.1) is 0 Å². The van der Waals surface area contributed by atoms with Gasteiger partial charge in [-0.1, -0.05) is 42.6 Å². The summed E-state index contributed by atoms with van der Waals surface area (Å²) in [6.45, 7) is 9.35. The number of hydrogen-bond donors (Lipinski definition) is 2. The normalized spacial score (nSPS) is 21.7. The fourth-order valence-electron chi connectivity index (χ4n) is 3.53. The summed E-state index contributed by atoms with van der Waals surface area (Å²) in [5.41, 5.74) is 2.43.